The zero-order chi connectivity index (χ0) is 7.11. The van der Waals surface area contributed by atoms with Gasteiger partial charge in [-0.05, 0) is 13.8 Å². The number of hydrogen-bond acceptors (Lipinski definition) is 2. The van der Waals surface area contributed by atoms with Gasteiger partial charge in [-0.15, -0.1) is 0 Å². The summed E-state index contributed by atoms with van der Waals surface area (Å²) in [4.78, 5) is 12.6. The van der Waals surface area contributed by atoms with E-state index in [0.717, 1.165) is 13.1 Å². The van der Waals surface area contributed by atoms with E-state index in [4.69, 9.17) is 4.89 Å². The third kappa shape index (κ3) is 4.37. The maximum atomic E-state index is 8.62. The van der Waals surface area contributed by atoms with Gasteiger partial charge in [0.25, 0.3) is 0 Å². The average molecular weight is 148 g/mol. The van der Waals surface area contributed by atoms with Gasteiger partial charge >= 0.3 is 0 Å². The Labute approximate surface area is 57.4 Å². The van der Waals surface area contributed by atoms with Crippen molar-refractivity contribution in [2.75, 3.05) is 13.1 Å². The van der Waals surface area contributed by atoms with Gasteiger partial charge in [0.2, 0.25) is 0 Å². The van der Waals surface area contributed by atoms with Crippen LogP contribution in [-0.2, 0) is 0 Å². The summed E-state index contributed by atoms with van der Waals surface area (Å²) < 4.78 is 0. The first kappa shape index (κ1) is 8.86. The Kier molecular flexibility index (Phi) is 5.89. The molecule has 0 heterocycles. The molecular formula is C5H13N2OP. The Morgan fingerprint density at radius 2 is 2.33 bits per heavy atom. The van der Waals surface area contributed by atoms with Crippen molar-refractivity contribution in [3.05, 3.63) is 0 Å². The molecule has 0 saturated heterocycles. The molecule has 0 spiro atoms. The predicted octanol–water partition coefficient (Wildman–Crippen LogP) is 0.558. The molecule has 1 unspecified atom stereocenters. The Hall–Kier alpha value is -0.140. The van der Waals surface area contributed by atoms with E-state index < -0.39 is 0 Å². The molecule has 0 fully saturated rings. The number of aliphatic imine (C=N–C) groups is 1. The number of rotatable bonds is 3. The van der Waals surface area contributed by atoms with E-state index in [2.05, 4.69) is 10.3 Å². The Morgan fingerprint density at radius 1 is 1.67 bits per heavy atom. The first-order chi connectivity index (χ1) is 4.35. The number of hydrogen-bond donors (Lipinski definition) is 2. The molecule has 0 bridgehead atoms. The van der Waals surface area contributed by atoms with Crippen molar-refractivity contribution in [2.24, 2.45) is 4.99 Å². The highest BCUT2D eigenvalue weighted by Gasteiger charge is 1.89. The zero-order valence-electron chi connectivity index (χ0n) is 5.81. The van der Waals surface area contributed by atoms with Crippen LogP contribution in [0.4, 0.5) is 0 Å². The first-order valence-corrected chi connectivity index (χ1v) is 3.98. The molecule has 2 N–H and O–H groups in total. The highest BCUT2D eigenvalue weighted by atomic mass is 31.1. The van der Waals surface area contributed by atoms with Gasteiger partial charge < -0.3 is 10.2 Å². The summed E-state index contributed by atoms with van der Waals surface area (Å²) in [5.41, 5.74) is 0.708. The molecule has 1 atom stereocenters. The quantitative estimate of drug-likeness (QED) is 0.349. The van der Waals surface area contributed by atoms with E-state index in [1.54, 1.807) is 0 Å². The second kappa shape index (κ2) is 5.99. The van der Waals surface area contributed by atoms with Crippen molar-refractivity contribution in [3.63, 3.8) is 0 Å². The fraction of sp³-hybridized carbons (Fsp3) is 0.800. The smallest absolute Gasteiger partial charge is 0.144 e. The normalized spacial score (nSPS) is 13.0. The van der Waals surface area contributed by atoms with Crippen molar-refractivity contribution >= 4 is 14.4 Å². The lowest BCUT2D eigenvalue weighted by Crippen LogP contribution is -2.18. The monoisotopic (exact) mass is 148 g/mol. The van der Waals surface area contributed by atoms with Crippen LogP contribution in [0.2, 0.25) is 0 Å². The maximum Gasteiger partial charge on any atom is 0.144 e. The summed E-state index contributed by atoms with van der Waals surface area (Å²) >= 11 is 0. The molecule has 54 valence electrons. The summed E-state index contributed by atoms with van der Waals surface area (Å²) in [7, 11) is -0.199. The molecular weight excluding hydrogens is 135 g/mol. The maximum absolute atomic E-state index is 8.62. The number of nitrogens with zero attached hydrogens (tertiary/aromatic N) is 1. The van der Waals surface area contributed by atoms with Crippen LogP contribution in [0.3, 0.4) is 0 Å². The van der Waals surface area contributed by atoms with E-state index in [0.29, 0.717) is 5.58 Å². The Balaban J connectivity index is 3.53. The summed E-state index contributed by atoms with van der Waals surface area (Å²) in [5, 5.41) is 2.95. The van der Waals surface area contributed by atoms with Crippen molar-refractivity contribution in [3.8, 4) is 0 Å². The van der Waals surface area contributed by atoms with Crippen LogP contribution in [0, 0.1) is 0 Å². The van der Waals surface area contributed by atoms with Gasteiger partial charge in [-0.2, -0.15) is 0 Å². The standard InChI is InChI=1S/C5H13N2OP/c1-3-6-5(9-8)7-4-2/h8-9H,3-4H2,1-2H3,(H,6,7). The third-order valence-corrected chi connectivity index (χ3v) is 1.31. The Morgan fingerprint density at radius 3 is 2.67 bits per heavy atom. The first-order valence-electron chi connectivity index (χ1n) is 3.03. The summed E-state index contributed by atoms with van der Waals surface area (Å²) in [6.07, 6.45) is 0. The lowest BCUT2D eigenvalue weighted by molar-refractivity contribution is 0.654. The molecule has 4 heteroatoms. The molecule has 0 aromatic carbocycles. The highest BCUT2D eigenvalue weighted by molar-refractivity contribution is 7.52. The van der Waals surface area contributed by atoms with Crippen LogP contribution in [0.1, 0.15) is 13.8 Å². The van der Waals surface area contributed by atoms with Gasteiger partial charge in [0, 0.05) is 13.1 Å². The molecule has 0 amide bonds. The van der Waals surface area contributed by atoms with Gasteiger partial charge in [-0.1, -0.05) is 0 Å². The molecule has 0 rings (SSSR count). The molecule has 0 aliphatic heterocycles. The van der Waals surface area contributed by atoms with Crippen LogP contribution in [0.15, 0.2) is 4.99 Å². The van der Waals surface area contributed by atoms with Gasteiger partial charge in [0.05, 0.1) is 8.81 Å². The minimum atomic E-state index is -0.199. The molecule has 0 aromatic heterocycles. The second-order valence-corrected chi connectivity index (χ2v) is 2.16. The minimum absolute atomic E-state index is 0.199. The van der Waals surface area contributed by atoms with Gasteiger partial charge in [-0.3, -0.25) is 4.99 Å². The zero-order valence-corrected chi connectivity index (χ0v) is 6.81. The van der Waals surface area contributed by atoms with Gasteiger partial charge in [-0.25, -0.2) is 0 Å². The van der Waals surface area contributed by atoms with Crippen LogP contribution in [0.25, 0.3) is 0 Å². The number of nitrogens with one attached hydrogen (secondary N) is 1. The van der Waals surface area contributed by atoms with E-state index in [1.807, 2.05) is 13.8 Å². The van der Waals surface area contributed by atoms with E-state index in [1.165, 1.54) is 0 Å². The molecule has 0 aliphatic carbocycles. The average Bonchev–Trinajstić information content (AvgIpc) is 1.88. The van der Waals surface area contributed by atoms with Crippen LogP contribution >= 0.6 is 8.81 Å². The molecule has 0 aliphatic rings. The van der Waals surface area contributed by atoms with Gasteiger partial charge in [0.15, 0.2) is 0 Å². The predicted molar refractivity (Wildman–Crippen MR) is 42.2 cm³/mol. The topological polar surface area (TPSA) is 44.6 Å². The van der Waals surface area contributed by atoms with Crippen molar-refractivity contribution in [1.29, 1.82) is 0 Å². The molecule has 9 heavy (non-hydrogen) atoms. The van der Waals surface area contributed by atoms with Crippen LogP contribution < -0.4 is 5.32 Å². The van der Waals surface area contributed by atoms with Crippen molar-refractivity contribution < 1.29 is 4.89 Å². The molecule has 3 nitrogen and oxygen atoms in total. The lowest BCUT2D eigenvalue weighted by Gasteiger charge is -2.01. The fourth-order valence-electron chi connectivity index (χ4n) is 0.456. The summed E-state index contributed by atoms with van der Waals surface area (Å²) in [6.45, 7) is 5.48. The fourth-order valence-corrected chi connectivity index (χ4v) is 0.941. The van der Waals surface area contributed by atoms with E-state index in [9.17, 15) is 0 Å². The van der Waals surface area contributed by atoms with Crippen LogP contribution in [0.5, 0.6) is 0 Å². The molecule has 0 radical (unpaired) electrons. The molecule has 0 saturated carbocycles. The molecule has 0 aromatic rings. The summed E-state index contributed by atoms with van der Waals surface area (Å²) in [5.74, 6) is 0. The van der Waals surface area contributed by atoms with Gasteiger partial charge in [0.1, 0.15) is 5.58 Å². The van der Waals surface area contributed by atoms with E-state index >= 15 is 0 Å². The largest absolute Gasteiger partial charge is 0.369 e. The Bertz CT molecular complexity index is 95.0. The summed E-state index contributed by atoms with van der Waals surface area (Å²) in [6, 6.07) is 0. The lowest BCUT2D eigenvalue weighted by atomic mass is 10.7. The second-order valence-electron chi connectivity index (χ2n) is 1.47. The van der Waals surface area contributed by atoms with Crippen molar-refractivity contribution in [2.45, 2.75) is 13.8 Å². The third-order valence-electron chi connectivity index (χ3n) is 0.766. The van der Waals surface area contributed by atoms with E-state index in [-0.39, 0.29) is 8.81 Å². The minimum Gasteiger partial charge on any atom is -0.369 e. The van der Waals surface area contributed by atoms with Crippen molar-refractivity contribution in [1.82, 2.24) is 5.32 Å². The highest BCUT2D eigenvalue weighted by Crippen LogP contribution is 2.01. The van der Waals surface area contributed by atoms with Crippen LogP contribution in [-0.4, -0.2) is 23.6 Å². The number of amidine groups is 1. The SMILES string of the molecule is CCN=C(NCC)PO.